The van der Waals surface area contributed by atoms with Crippen molar-refractivity contribution < 1.29 is 18.3 Å². The molecule has 0 amide bonds. The Labute approximate surface area is 86.8 Å². The summed E-state index contributed by atoms with van der Waals surface area (Å²) in [6.45, 7) is 2.76. The molecule has 0 radical (unpaired) electrons. The van der Waals surface area contributed by atoms with Gasteiger partial charge < -0.3 is 15.2 Å². The van der Waals surface area contributed by atoms with E-state index in [0.717, 1.165) is 12.1 Å². The third-order valence-electron chi connectivity index (χ3n) is 1.70. The molecule has 0 aliphatic rings. The Morgan fingerprint density at radius 2 is 1.80 bits per heavy atom. The lowest BCUT2D eigenvalue weighted by Gasteiger charge is -2.08. The maximum atomic E-state index is 13.1. The fraction of sp³-hybridized carbons (Fsp3) is 0.400. The monoisotopic (exact) mass is 217 g/mol. The molecule has 84 valence electrons. The van der Waals surface area contributed by atoms with Gasteiger partial charge in [-0.1, -0.05) is 0 Å². The smallest absolute Gasteiger partial charge is 0.190 e. The first-order valence-corrected chi connectivity index (χ1v) is 4.60. The lowest BCUT2D eigenvalue weighted by molar-refractivity contribution is 0.107. The zero-order chi connectivity index (χ0) is 11.3. The third kappa shape index (κ3) is 3.36. The lowest BCUT2D eigenvalue weighted by Crippen LogP contribution is -2.08. The highest BCUT2D eigenvalue weighted by Crippen LogP contribution is 2.24. The molecule has 0 bridgehead atoms. The molecule has 2 N–H and O–H groups in total. The first kappa shape index (κ1) is 11.7. The highest BCUT2D eigenvalue weighted by Gasteiger charge is 2.11. The van der Waals surface area contributed by atoms with Crippen LogP contribution >= 0.6 is 0 Å². The molecule has 0 heterocycles. The molecular weight excluding hydrogens is 204 g/mol. The predicted octanol–water partition coefficient (Wildman–Crippen LogP) is 1.96. The molecule has 0 saturated carbocycles. The largest absolute Gasteiger partial charge is 0.485 e. The van der Waals surface area contributed by atoms with Gasteiger partial charge in [-0.3, -0.25) is 0 Å². The molecule has 15 heavy (non-hydrogen) atoms. The quantitative estimate of drug-likeness (QED) is 0.605. The van der Waals surface area contributed by atoms with Crippen LogP contribution in [0.3, 0.4) is 0 Å². The summed E-state index contributed by atoms with van der Waals surface area (Å²) >= 11 is 0. The predicted molar refractivity (Wildman–Crippen MR) is 52.8 cm³/mol. The molecule has 1 aromatic rings. The Bertz CT molecular complexity index is 308. The molecule has 0 aliphatic heterocycles. The minimum Gasteiger partial charge on any atom is -0.485 e. The molecule has 0 atom stereocenters. The van der Waals surface area contributed by atoms with Gasteiger partial charge in [-0.05, 0) is 6.92 Å². The Morgan fingerprint density at radius 3 is 2.33 bits per heavy atom. The van der Waals surface area contributed by atoms with E-state index in [2.05, 4.69) is 0 Å². The summed E-state index contributed by atoms with van der Waals surface area (Å²) in [5.41, 5.74) is 5.27. The average molecular weight is 217 g/mol. The summed E-state index contributed by atoms with van der Waals surface area (Å²) in [6.07, 6.45) is 0. The average Bonchev–Trinajstić information content (AvgIpc) is 2.15. The van der Waals surface area contributed by atoms with Crippen LogP contribution in [0.1, 0.15) is 6.92 Å². The minimum atomic E-state index is -0.802. The topological polar surface area (TPSA) is 44.5 Å². The Hall–Kier alpha value is -1.36. The van der Waals surface area contributed by atoms with Crippen LogP contribution in [0, 0.1) is 11.6 Å². The summed E-state index contributed by atoms with van der Waals surface area (Å²) in [4.78, 5) is 0. The first-order valence-electron chi connectivity index (χ1n) is 4.60. The van der Waals surface area contributed by atoms with Gasteiger partial charge >= 0.3 is 0 Å². The summed E-state index contributed by atoms with van der Waals surface area (Å²) < 4.78 is 36.1. The number of ether oxygens (including phenoxy) is 2. The van der Waals surface area contributed by atoms with Crippen LogP contribution in [-0.4, -0.2) is 19.8 Å². The van der Waals surface area contributed by atoms with Crippen molar-refractivity contribution >= 4 is 5.69 Å². The molecule has 0 aliphatic carbocycles. The zero-order valence-electron chi connectivity index (χ0n) is 8.43. The van der Waals surface area contributed by atoms with Gasteiger partial charge in [0.15, 0.2) is 17.4 Å². The first-order chi connectivity index (χ1) is 7.15. The number of benzene rings is 1. The summed E-state index contributed by atoms with van der Waals surface area (Å²) in [5, 5.41) is 0. The highest BCUT2D eigenvalue weighted by atomic mass is 19.1. The van der Waals surface area contributed by atoms with Crippen LogP contribution in [0.2, 0.25) is 0 Å². The van der Waals surface area contributed by atoms with Gasteiger partial charge in [-0.15, -0.1) is 0 Å². The van der Waals surface area contributed by atoms with E-state index in [0.29, 0.717) is 13.2 Å². The minimum absolute atomic E-state index is 0.0298. The van der Waals surface area contributed by atoms with Gasteiger partial charge in [-0.25, -0.2) is 8.78 Å². The van der Waals surface area contributed by atoms with E-state index in [-0.39, 0.29) is 12.3 Å². The maximum absolute atomic E-state index is 13.1. The van der Waals surface area contributed by atoms with Crippen molar-refractivity contribution in [1.82, 2.24) is 0 Å². The van der Waals surface area contributed by atoms with Gasteiger partial charge in [0.1, 0.15) is 6.61 Å². The van der Waals surface area contributed by atoms with Crippen LogP contribution in [0.15, 0.2) is 12.1 Å². The Balaban J connectivity index is 2.60. The van der Waals surface area contributed by atoms with Gasteiger partial charge in [-0.2, -0.15) is 0 Å². The van der Waals surface area contributed by atoms with Crippen molar-refractivity contribution in [3.8, 4) is 5.75 Å². The number of hydrogen-bond donors (Lipinski definition) is 1. The van der Waals surface area contributed by atoms with Gasteiger partial charge in [0.2, 0.25) is 0 Å². The van der Waals surface area contributed by atoms with E-state index >= 15 is 0 Å². The molecule has 3 nitrogen and oxygen atoms in total. The second kappa shape index (κ2) is 5.50. The second-order valence-electron chi connectivity index (χ2n) is 2.86. The number of rotatable bonds is 5. The van der Waals surface area contributed by atoms with E-state index in [4.69, 9.17) is 15.2 Å². The lowest BCUT2D eigenvalue weighted by atomic mass is 10.3. The molecular formula is C10H13F2NO2. The summed E-state index contributed by atoms with van der Waals surface area (Å²) in [7, 11) is 0. The van der Waals surface area contributed by atoms with Crippen LogP contribution in [0.5, 0.6) is 5.75 Å². The van der Waals surface area contributed by atoms with Crippen molar-refractivity contribution in [2.75, 3.05) is 25.6 Å². The summed E-state index contributed by atoms with van der Waals surface area (Å²) in [6, 6.07) is 2.03. The Morgan fingerprint density at radius 1 is 1.20 bits per heavy atom. The molecule has 1 rings (SSSR count). The molecule has 5 heteroatoms. The standard InChI is InChI=1S/C10H13F2NO2/c1-2-14-3-4-15-10-8(11)5-7(13)6-9(10)12/h5-6H,2-4,13H2,1H3. The van der Waals surface area contributed by atoms with Crippen molar-refractivity contribution in [3.63, 3.8) is 0 Å². The maximum Gasteiger partial charge on any atom is 0.190 e. The molecule has 0 unspecified atom stereocenters. The normalized spacial score (nSPS) is 10.3. The van der Waals surface area contributed by atoms with Crippen LogP contribution in [0.4, 0.5) is 14.5 Å². The fourth-order valence-corrected chi connectivity index (χ4v) is 1.06. The van der Waals surface area contributed by atoms with Gasteiger partial charge in [0.05, 0.1) is 6.61 Å². The van der Waals surface area contributed by atoms with E-state index < -0.39 is 17.4 Å². The highest BCUT2D eigenvalue weighted by molar-refractivity contribution is 5.44. The van der Waals surface area contributed by atoms with E-state index in [1.807, 2.05) is 6.92 Å². The van der Waals surface area contributed by atoms with Crippen molar-refractivity contribution in [2.24, 2.45) is 0 Å². The van der Waals surface area contributed by atoms with Crippen molar-refractivity contribution in [1.29, 1.82) is 0 Å². The van der Waals surface area contributed by atoms with Crippen molar-refractivity contribution in [2.45, 2.75) is 6.92 Å². The fourth-order valence-electron chi connectivity index (χ4n) is 1.06. The third-order valence-corrected chi connectivity index (χ3v) is 1.70. The van der Waals surface area contributed by atoms with Gasteiger partial charge in [0, 0.05) is 24.4 Å². The number of nitrogen functional groups attached to an aromatic ring is 1. The molecule has 0 aromatic heterocycles. The number of hydrogen-bond acceptors (Lipinski definition) is 3. The number of anilines is 1. The SMILES string of the molecule is CCOCCOc1c(F)cc(N)cc1F. The molecule has 1 aromatic carbocycles. The molecule has 0 fully saturated rings. The number of halogens is 2. The number of nitrogens with two attached hydrogens (primary N) is 1. The van der Waals surface area contributed by atoms with E-state index in [1.54, 1.807) is 0 Å². The summed E-state index contributed by atoms with van der Waals surface area (Å²) in [5.74, 6) is -2.02. The Kier molecular flexibility index (Phi) is 4.30. The van der Waals surface area contributed by atoms with E-state index in [9.17, 15) is 8.78 Å². The van der Waals surface area contributed by atoms with E-state index in [1.165, 1.54) is 0 Å². The van der Waals surface area contributed by atoms with Crippen LogP contribution < -0.4 is 10.5 Å². The van der Waals surface area contributed by atoms with Gasteiger partial charge in [0.25, 0.3) is 0 Å². The van der Waals surface area contributed by atoms with Crippen LogP contribution in [-0.2, 0) is 4.74 Å². The van der Waals surface area contributed by atoms with Crippen LogP contribution in [0.25, 0.3) is 0 Å². The zero-order valence-corrected chi connectivity index (χ0v) is 8.43. The second-order valence-corrected chi connectivity index (χ2v) is 2.86. The molecule has 0 spiro atoms. The molecule has 0 saturated heterocycles. The van der Waals surface area contributed by atoms with Crippen molar-refractivity contribution in [3.05, 3.63) is 23.8 Å².